The summed E-state index contributed by atoms with van der Waals surface area (Å²) in [5, 5.41) is 0. The van der Waals surface area contributed by atoms with E-state index < -0.39 is 0 Å². The first-order chi connectivity index (χ1) is 33.2. The lowest BCUT2D eigenvalue weighted by atomic mass is 9.76. The molecule has 376 valence electrons. The van der Waals surface area contributed by atoms with Gasteiger partial charge in [0.1, 0.15) is 46.0 Å². The highest BCUT2D eigenvalue weighted by molar-refractivity contribution is 5.63. The Labute approximate surface area is 412 Å². The molecule has 0 aromatic heterocycles. The first-order valence-electron chi connectivity index (χ1n) is 26.3. The van der Waals surface area contributed by atoms with E-state index in [1.807, 2.05) is 0 Å². The van der Waals surface area contributed by atoms with Crippen LogP contribution in [0.4, 0.5) is 0 Å². The molecule has 0 saturated heterocycles. The summed E-state index contributed by atoms with van der Waals surface area (Å²) in [4.78, 5) is 0. The zero-order valence-electron chi connectivity index (χ0n) is 44.3. The quantitative estimate of drug-likeness (QED) is 0.0522. The molecule has 8 nitrogen and oxygen atoms in total. The van der Waals surface area contributed by atoms with E-state index in [0.717, 1.165) is 193 Å². The molecule has 1 aliphatic rings. The van der Waals surface area contributed by atoms with Crippen LogP contribution in [0.15, 0.2) is 48.5 Å². The molecule has 8 heteroatoms. The lowest BCUT2D eigenvalue weighted by Gasteiger charge is -2.31. The van der Waals surface area contributed by atoms with Crippen molar-refractivity contribution in [2.75, 3.05) is 56.9 Å². The normalized spacial score (nSPS) is 16.5. The third-order valence-electron chi connectivity index (χ3n) is 14.7. The Hall–Kier alpha value is -4.72. The highest BCUT2D eigenvalue weighted by Gasteiger charge is 2.34. The van der Waals surface area contributed by atoms with Crippen LogP contribution in [-0.4, -0.2) is 56.9 Å². The van der Waals surface area contributed by atoms with Crippen molar-refractivity contribution in [3.8, 4) is 46.0 Å². The molecule has 4 aromatic rings. The molecule has 0 atom stereocenters. The number of fused-ring (bicyclic) bond motifs is 8. The SMILES string of the molecule is CCCCCCC1c2cc(c(OC)cc2OC)C(CCCCCC)c2cc(c(OC)cc2OC)C(CCCCCC)c2cc(c(OC)cc2OC)C(CCCCCC)c2cc1c(OC)cc2OC. The Bertz CT molecular complexity index is 1730. The molecule has 0 N–H and O–H groups in total. The minimum Gasteiger partial charge on any atom is -0.496 e. The first kappa shape index (κ1) is 54.2. The highest BCUT2D eigenvalue weighted by atomic mass is 16.5. The van der Waals surface area contributed by atoms with Gasteiger partial charge in [0.15, 0.2) is 0 Å². The van der Waals surface area contributed by atoms with Crippen LogP contribution in [0, 0.1) is 0 Å². The smallest absolute Gasteiger partial charge is 0.126 e. The molecular formula is C60H88O8. The van der Waals surface area contributed by atoms with Crippen LogP contribution >= 0.6 is 0 Å². The fraction of sp³-hybridized carbons (Fsp3) is 0.600. The van der Waals surface area contributed by atoms with E-state index in [4.69, 9.17) is 37.9 Å². The van der Waals surface area contributed by atoms with Crippen LogP contribution < -0.4 is 37.9 Å². The molecule has 0 radical (unpaired) electrons. The molecule has 68 heavy (non-hydrogen) atoms. The fourth-order valence-electron chi connectivity index (χ4n) is 11.0. The predicted octanol–water partition coefficient (Wildman–Crippen LogP) is 16.5. The van der Waals surface area contributed by atoms with Gasteiger partial charge in [0, 0.05) is 92.4 Å². The Morgan fingerprint density at radius 3 is 0.529 bits per heavy atom. The summed E-state index contributed by atoms with van der Waals surface area (Å²) in [7, 11) is 14.3. The number of ether oxygens (including phenoxy) is 8. The van der Waals surface area contributed by atoms with E-state index in [2.05, 4.69) is 76.2 Å². The summed E-state index contributed by atoms with van der Waals surface area (Å²) in [6.45, 7) is 9.10. The van der Waals surface area contributed by atoms with Gasteiger partial charge >= 0.3 is 0 Å². The minimum atomic E-state index is -0.0606. The number of benzene rings is 4. The van der Waals surface area contributed by atoms with Crippen molar-refractivity contribution < 1.29 is 37.9 Å². The van der Waals surface area contributed by atoms with Crippen molar-refractivity contribution in [2.24, 2.45) is 0 Å². The molecular weight excluding hydrogens is 849 g/mol. The van der Waals surface area contributed by atoms with E-state index in [1.54, 1.807) is 56.9 Å². The maximum atomic E-state index is 6.42. The molecule has 1 aliphatic carbocycles. The molecule has 5 rings (SSSR count). The molecule has 0 heterocycles. The van der Waals surface area contributed by atoms with Gasteiger partial charge in [0.2, 0.25) is 0 Å². The van der Waals surface area contributed by atoms with Gasteiger partial charge in [0.05, 0.1) is 56.9 Å². The number of unbranched alkanes of at least 4 members (excludes halogenated alkanes) is 12. The highest BCUT2D eigenvalue weighted by Crippen LogP contribution is 2.53. The Balaban J connectivity index is 2.04. The average Bonchev–Trinajstić information content (AvgIpc) is 3.37. The van der Waals surface area contributed by atoms with Crippen LogP contribution in [0.25, 0.3) is 0 Å². The second kappa shape index (κ2) is 28.1. The molecule has 0 amide bonds. The van der Waals surface area contributed by atoms with Crippen molar-refractivity contribution in [1.29, 1.82) is 0 Å². The van der Waals surface area contributed by atoms with Crippen molar-refractivity contribution in [3.05, 3.63) is 93.0 Å². The second-order valence-electron chi connectivity index (χ2n) is 19.0. The van der Waals surface area contributed by atoms with Gasteiger partial charge in [-0.2, -0.15) is 0 Å². The maximum absolute atomic E-state index is 6.42. The Kier molecular flexibility index (Phi) is 22.4. The Morgan fingerprint density at radius 2 is 0.397 bits per heavy atom. The topological polar surface area (TPSA) is 73.8 Å². The number of hydrogen-bond donors (Lipinski definition) is 0. The zero-order chi connectivity index (χ0) is 49.0. The van der Waals surface area contributed by atoms with E-state index in [1.165, 1.54) is 25.7 Å². The molecule has 0 aliphatic heterocycles. The summed E-state index contributed by atoms with van der Waals surface area (Å²) in [5.74, 6) is 6.23. The minimum absolute atomic E-state index is 0.0606. The van der Waals surface area contributed by atoms with Crippen molar-refractivity contribution in [1.82, 2.24) is 0 Å². The standard InChI is InChI=1S/C60H88O8/c1-13-17-21-25-29-41-45-33-47(55(63-7)37-53(45)61-5)42(30-26-22-18-14-2)49-35-51(59(67-11)39-57(49)65-9)44(32-28-24-20-16-4)52-36-50(58(66-10)40-60(52)68-12)43(31-27-23-19-15-3)48-34-46(41)54(62-6)38-56(48)64-8/h33-44H,13-32H2,1-12H3. The molecule has 0 unspecified atom stereocenters. The van der Waals surface area contributed by atoms with E-state index >= 15 is 0 Å². The summed E-state index contributed by atoms with van der Waals surface area (Å²) in [5.41, 5.74) is 9.04. The molecule has 0 fully saturated rings. The molecule has 0 spiro atoms. The van der Waals surface area contributed by atoms with Crippen LogP contribution in [0.5, 0.6) is 46.0 Å². The lowest BCUT2D eigenvalue weighted by Crippen LogP contribution is -2.15. The summed E-state index contributed by atoms with van der Waals surface area (Å²) < 4.78 is 51.4. The number of rotatable bonds is 28. The summed E-state index contributed by atoms with van der Waals surface area (Å²) in [6.07, 6.45) is 21.8. The van der Waals surface area contributed by atoms with Gasteiger partial charge in [0.25, 0.3) is 0 Å². The lowest BCUT2D eigenvalue weighted by molar-refractivity contribution is 0.372. The van der Waals surface area contributed by atoms with Crippen LogP contribution in [0.1, 0.15) is 224 Å². The van der Waals surface area contributed by atoms with Gasteiger partial charge < -0.3 is 37.9 Å². The van der Waals surface area contributed by atoms with Crippen LogP contribution in [0.2, 0.25) is 0 Å². The van der Waals surface area contributed by atoms with Crippen molar-refractivity contribution in [2.45, 2.75) is 180 Å². The van der Waals surface area contributed by atoms with Gasteiger partial charge in [-0.15, -0.1) is 0 Å². The second-order valence-corrected chi connectivity index (χ2v) is 19.0. The van der Waals surface area contributed by atoms with Crippen LogP contribution in [-0.2, 0) is 0 Å². The van der Waals surface area contributed by atoms with E-state index in [0.29, 0.717) is 0 Å². The summed E-state index contributed by atoms with van der Waals surface area (Å²) >= 11 is 0. The summed E-state index contributed by atoms with van der Waals surface area (Å²) in [6, 6.07) is 18.2. The number of hydrogen-bond acceptors (Lipinski definition) is 8. The number of methoxy groups -OCH3 is 8. The van der Waals surface area contributed by atoms with Crippen molar-refractivity contribution >= 4 is 0 Å². The van der Waals surface area contributed by atoms with Gasteiger partial charge in [-0.25, -0.2) is 0 Å². The molecule has 0 saturated carbocycles. The van der Waals surface area contributed by atoms with E-state index in [-0.39, 0.29) is 23.7 Å². The fourth-order valence-corrected chi connectivity index (χ4v) is 11.0. The third kappa shape index (κ3) is 12.9. The zero-order valence-corrected chi connectivity index (χ0v) is 44.3. The Morgan fingerprint density at radius 1 is 0.235 bits per heavy atom. The maximum Gasteiger partial charge on any atom is 0.126 e. The first-order valence-corrected chi connectivity index (χ1v) is 26.3. The van der Waals surface area contributed by atoms with E-state index in [9.17, 15) is 0 Å². The van der Waals surface area contributed by atoms with Crippen molar-refractivity contribution in [3.63, 3.8) is 0 Å². The van der Waals surface area contributed by atoms with Crippen LogP contribution in [0.3, 0.4) is 0 Å². The molecule has 8 bridgehead atoms. The largest absolute Gasteiger partial charge is 0.496 e. The molecule has 4 aromatic carbocycles. The van der Waals surface area contributed by atoms with Gasteiger partial charge in [-0.1, -0.05) is 130 Å². The monoisotopic (exact) mass is 937 g/mol. The average molecular weight is 937 g/mol. The van der Waals surface area contributed by atoms with Gasteiger partial charge in [-0.05, 0) is 49.9 Å². The predicted molar refractivity (Wildman–Crippen MR) is 281 cm³/mol. The van der Waals surface area contributed by atoms with Gasteiger partial charge in [-0.3, -0.25) is 0 Å². The third-order valence-corrected chi connectivity index (χ3v) is 14.7.